The molecule has 17 heavy (non-hydrogen) atoms. The fraction of sp³-hybridized carbons (Fsp3) is 0. The lowest BCUT2D eigenvalue weighted by molar-refractivity contribution is 0.0996. The monoisotopic (exact) mass is 230 g/mol. The molecule has 0 aliphatic carbocycles. The number of hydrogen-bond acceptors (Lipinski definition) is 2. The molecule has 4 N–H and O–H groups in total. The number of hydrogen-bond donors (Lipinski definition) is 2. The molecular formula is C13H11FN2O. The summed E-state index contributed by atoms with van der Waals surface area (Å²) < 4.78 is 13.8. The van der Waals surface area contributed by atoms with Crippen molar-refractivity contribution in [3.8, 4) is 11.1 Å². The van der Waals surface area contributed by atoms with Crippen LogP contribution in [0.15, 0.2) is 42.5 Å². The van der Waals surface area contributed by atoms with Crippen LogP contribution in [0, 0.1) is 5.82 Å². The minimum absolute atomic E-state index is 0.0625. The lowest BCUT2D eigenvalue weighted by atomic mass is 10.0. The van der Waals surface area contributed by atoms with E-state index < -0.39 is 11.7 Å². The van der Waals surface area contributed by atoms with E-state index in [-0.39, 0.29) is 11.3 Å². The lowest BCUT2D eigenvalue weighted by Gasteiger charge is -2.08. The maximum Gasteiger partial charge on any atom is 0.251 e. The summed E-state index contributed by atoms with van der Waals surface area (Å²) in [5, 5.41) is 0. The Morgan fingerprint density at radius 2 is 1.71 bits per heavy atom. The summed E-state index contributed by atoms with van der Waals surface area (Å²) >= 11 is 0. The van der Waals surface area contributed by atoms with Gasteiger partial charge in [-0.1, -0.05) is 36.4 Å². The highest BCUT2D eigenvalue weighted by atomic mass is 19.1. The Labute approximate surface area is 97.9 Å². The lowest BCUT2D eigenvalue weighted by Crippen LogP contribution is -2.14. The number of carbonyl (C=O) groups is 1. The minimum Gasteiger partial charge on any atom is -0.396 e. The van der Waals surface area contributed by atoms with Crippen molar-refractivity contribution in [2.24, 2.45) is 5.73 Å². The number of amides is 1. The van der Waals surface area contributed by atoms with E-state index in [4.69, 9.17) is 11.5 Å². The SMILES string of the molecule is NC(=O)c1ccc(-c2ccccc2)c(N)c1F. The maximum absolute atomic E-state index is 13.8. The normalized spacial score (nSPS) is 10.2. The van der Waals surface area contributed by atoms with Gasteiger partial charge in [-0.3, -0.25) is 4.79 Å². The number of carbonyl (C=O) groups excluding carboxylic acids is 1. The fourth-order valence-corrected chi connectivity index (χ4v) is 1.65. The van der Waals surface area contributed by atoms with E-state index in [0.29, 0.717) is 5.56 Å². The Morgan fingerprint density at radius 3 is 2.29 bits per heavy atom. The van der Waals surface area contributed by atoms with E-state index in [2.05, 4.69) is 0 Å². The van der Waals surface area contributed by atoms with Crippen molar-refractivity contribution in [1.82, 2.24) is 0 Å². The zero-order chi connectivity index (χ0) is 12.4. The molecule has 0 heterocycles. The molecule has 86 valence electrons. The van der Waals surface area contributed by atoms with E-state index in [9.17, 15) is 9.18 Å². The number of anilines is 1. The van der Waals surface area contributed by atoms with Crippen LogP contribution in [0.1, 0.15) is 10.4 Å². The molecule has 0 aliphatic rings. The highest BCUT2D eigenvalue weighted by Gasteiger charge is 2.14. The second-order valence-electron chi connectivity index (χ2n) is 3.62. The summed E-state index contributed by atoms with van der Waals surface area (Å²) in [6, 6.07) is 12.1. The summed E-state index contributed by atoms with van der Waals surface area (Å²) in [5.74, 6) is -1.59. The summed E-state index contributed by atoms with van der Waals surface area (Å²) in [5.41, 5.74) is 11.8. The van der Waals surface area contributed by atoms with Crippen LogP contribution in [-0.2, 0) is 0 Å². The highest BCUT2D eigenvalue weighted by Crippen LogP contribution is 2.29. The van der Waals surface area contributed by atoms with Gasteiger partial charge in [0.05, 0.1) is 11.3 Å². The predicted molar refractivity (Wildman–Crippen MR) is 64.8 cm³/mol. The predicted octanol–water partition coefficient (Wildman–Crippen LogP) is 2.17. The van der Waals surface area contributed by atoms with E-state index in [0.717, 1.165) is 5.56 Å². The van der Waals surface area contributed by atoms with Gasteiger partial charge < -0.3 is 11.5 Å². The number of nitrogen functional groups attached to an aromatic ring is 1. The van der Waals surface area contributed by atoms with Crippen molar-refractivity contribution in [3.05, 3.63) is 53.8 Å². The summed E-state index contributed by atoms with van der Waals surface area (Å²) in [7, 11) is 0. The van der Waals surface area contributed by atoms with Gasteiger partial charge in [0.25, 0.3) is 5.91 Å². The van der Waals surface area contributed by atoms with Crippen LogP contribution in [0.2, 0.25) is 0 Å². The van der Waals surface area contributed by atoms with Crippen molar-refractivity contribution < 1.29 is 9.18 Å². The third-order valence-corrected chi connectivity index (χ3v) is 2.53. The first-order valence-corrected chi connectivity index (χ1v) is 5.04. The number of halogens is 1. The van der Waals surface area contributed by atoms with Crippen molar-refractivity contribution in [3.63, 3.8) is 0 Å². The summed E-state index contributed by atoms with van der Waals surface area (Å²) in [4.78, 5) is 10.9. The topological polar surface area (TPSA) is 69.1 Å². The van der Waals surface area contributed by atoms with E-state index in [1.54, 1.807) is 6.07 Å². The van der Waals surface area contributed by atoms with Gasteiger partial charge >= 0.3 is 0 Å². The molecule has 0 spiro atoms. The number of benzene rings is 2. The first-order valence-electron chi connectivity index (χ1n) is 5.04. The number of rotatable bonds is 2. The molecule has 0 saturated heterocycles. The molecule has 3 nitrogen and oxygen atoms in total. The average molecular weight is 230 g/mol. The molecule has 0 radical (unpaired) electrons. The zero-order valence-electron chi connectivity index (χ0n) is 8.98. The second-order valence-corrected chi connectivity index (χ2v) is 3.62. The molecule has 4 heteroatoms. The molecule has 0 bridgehead atoms. The fourth-order valence-electron chi connectivity index (χ4n) is 1.65. The third kappa shape index (κ3) is 1.97. The van der Waals surface area contributed by atoms with Crippen molar-refractivity contribution in [1.29, 1.82) is 0 Å². The van der Waals surface area contributed by atoms with Crippen LogP contribution in [0.25, 0.3) is 11.1 Å². The van der Waals surface area contributed by atoms with Gasteiger partial charge in [0.2, 0.25) is 0 Å². The number of nitrogens with two attached hydrogens (primary N) is 2. The molecule has 0 aliphatic heterocycles. The standard InChI is InChI=1S/C13H11FN2O/c14-11-10(13(16)17)7-6-9(12(11)15)8-4-2-1-3-5-8/h1-7H,15H2,(H2,16,17). The van der Waals surface area contributed by atoms with Crippen molar-refractivity contribution in [2.75, 3.05) is 5.73 Å². The van der Waals surface area contributed by atoms with Gasteiger partial charge in [-0.15, -0.1) is 0 Å². The smallest absolute Gasteiger partial charge is 0.251 e. The van der Waals surface area contributed by atoms with Crippen molar-refractivity contribution in [2.45, 2.75) is 0 Å². The minimum atomic E-state index is -0.825. The first-order chi connectivity index (χ1) is 8.11. The number of primary amides is 1. The molecule has 0 saturated carbocycles. The highest BCUT2D eigenvalue weighted by molar-refractivity contribution is 5.95. The Hall–Kier alpha value is -2.36. The van der Waals surface area contributed by atoms with Gasteiger partial charge in [0.1, 0.15) is 0 Å². The van der Waals surface area contributed by atoms with Crippen LogP contribution in [-0.4, -0.2) is 5.91 Å². The largest absolute Gasteiger partial charge is 0.396 e. The third-order valence-electron chi connectivity index (χ3n) is 2.53. The Kier molecular flexibility index (Phi) is 2.78. The van der Waals surface area contributed by atoms with E-state index in [1.807, 2.05) is 30.3 Å². The molecule has 2 aromatic carbocycles. The maximum atomic E-state index is 13.8. The quantitative estimate of drug-likeness (QED) is 0.776. The van der Waals surface area contributed by atoms with Crippen molar-refractivity contribution >= 4 is 11.6 Å². The molecule has 0 fully saturated rings. The molecule has 2 rings (SSSR count). The molecular weight excluding hydrogens is 219 g/mol. The van der Waals surface area contributed by atoms with Gasteiger partial charge in [0.15, 0.2) is 5.82 Å². The van der Waals surface area contributed by atoms with Gasteiger partial charge in [0, 0.05) is 5.56 Å². The van der Waals surface area contributed by atoms with Crippen LogP contribution >= 0.6 is 0 Å². The Balaban J connectivity index is 2.60. The van der Waals surface area contributed by atoms with Gasteiger partial charge in [-0.25, -0.2) is 4.39 Å². The van der Waals surface area contributed by atoms with Crippen LogP contribution < -0.4 is 11.5 Å². The van der Waals surface area contributed by atoms with E-state index in [1.165, 1.54) is 6.07 Å². The first kappa shape index (κ1) is 11.1. The summed E-state index contributed by atoms with van der Waals surface area (Å²) in [6.45, 7) is 0. The molecule has 0 atom stereocenters. The van der Waals surface area contributed by atoms with Crippen LogP contribution in [0.5, 0.6) is 0 Å². The molecule has 2 aromatic rings. The van der Waals surface area contributed by atoms with Gasteiger partial charge in [-0.05, 0) is 11.6 Å². The second kappa shape index (κ2) is 4.25. The van der Waals surface area contributed by atoms with Crippen LogP contribution in [0.3, 0.4) is 0 Å². The van der Waals surface area contributed by atoms with Gasteiger partial charge in [-0.2, -0.15) is 0 Å². The summed E-state index contributed by atoms with van der Waals surface area (Å²) in [6.07, 6.45) is 0. The molecule has 0 unspecified atom stereocenters. The van der Waals surface area contributed by atoms with E-state index >= 15 is 0 Å². The Morgan fingerprint density at radius 1 is 1.06 bits per heavy atom. The average Bonchev–Trinajstić information content (AvgIpc) is 2.33. The zero-order valence-corrected chi connectivity index (χ0v) is 8.98. The van der Waals surface area contributed by atoms with Crippen LogP contribution in [0.4, 0.5) is 10.1 Å². The molecule has 0 aromatic heterocycles. The Bertz CT molecular complexity index is 567. The molecule has 1 amide bonds.